The van der Waals surface area contributed by atoms with Crippen molar-refractivity contribution in [2.45, 2.75) is 0 Å². The molecule has 2 heteroatoms. The Morgan fingerprint density at radius 1 is 0.361 bits per heavy atom. The summed E-state index contributed by atoms with van der Waals surface area (Å²) in [5.41, 5.74) is 13.6. The van der Waals surface area contributed by atoms with Gasteiger partial charge in [-0.2, -0.15) is 0 Å². The summed E-state index contributed by atoms with van der Waals surface area (Å²) in [6.07, 6.45) is 0. The molecule has 0 amide bonds. The molecule has 2 aliphatic rings. The highest BCUT2D eigenvalue weighted by molar-refractivity contribution is 6.02. The molecule has 7 rings (SSSR count). The fourth-order valence-electron chi connectivity index (χ4n) is 5.57. The zero-order valence-electron chi connectivity index (χ0n) is 19.9. The van der Waals surface area contributed by atoms with Crippen LogP contribution in [0.4, 0.5) is 34.1 Å². The van der Waals surface area contributed by atoms with Gasteiger partial charge < -0.3 is 9.80 Å². The SMILES string of the molecule is C=C1c2ccccc2N(c2cccc(N3c4ccccc4C(=C)c4ccccc43)c2)c2ccccc21. The van der Waals surface area contributed by atoms with Crippen LogP contribution in [-0.4, -0.2) is 0 Å². The lowest BCUT2D eigenvalue weighted by Gasteiger charge is -2.37. The van der Waals surface area contributed by atoms with Crippen LogP contribution in [0.3, 0.4) is 0 Å². The molecule has 0 bridgehead atoms. The molecule has 0 unspecified atom stereocenters. The summed E-state index contributed by atoms with van der Waals surface area (Å²) in [5.74, 6) is 0. The van der Waals surface area contributed by atoms with Crippen LogP contribution in [0.5, 0.6) is 0 Å². The summed E-state index contributed by atoms with van der Waals surface area (Å²) in [5, 5.41) is 0. The molecule has 2 heterocycles. The first-order chi connectivity index (χ1) is 17.7. The highest BCUT2D eigenvalue weighted by atomic mass is 15.2. The molecule has 2 aliphatic heterocycles. The minimum Gasteiger partial charge on any atom is -0.309 e. The highest BCUT2D eigenvalue weighted by Gasteiger charge is 2.29. The van der Waals surface area contributed by atoms with Gasteiger partial charge in [0.25, 0.3) is 0 Å². The van der Waals surface area contributed by atoms with Crippen LogP contribution in [0.25, 0.3) is 11.1 Å². The van der Waals surface area contributed by atoms with E-state index in [1.165, 1.54) is 0 Å². The maximum absolute atomic E-state index is 4.43. The van der Waals surface area contributed by atoms with Crippen LogP contribution in [0.1, 0.15) is 22.3 Å². The Morgan fingerprint density at radius 2 is 0.667 bits per heavy atom. The van der Waals surface area contributed by atoms with E-state index in [1.807, 2.05) is 0 Å². The van der Waals surface area contributed by atoms with Crippen LogP contribution >= 0.6 is 0 Å². The number of anilines is 6. The molecule has 0 radical (unpaired) electrons. The largest absolute Gasteiger partial charge is 0.309 e. The third-order valence-electron chi connectivity index (χ3n) is 7.23. The van der Waals surface area contributed by atoms with E-state index < -0.39 is 0 Å². The number of fused-ring (bicyclic) bond motifs is 4. The summed E-state index contributed by atoms with van der Waals surface area (Å²) in [6.45, 7) is 8.86. The monoisotopic (exact) mass is 460 g/mol. The number of hydrogen-bond acceptors (Lipinski definition) is 2. The van der Waals surface area contributed by atoms with Gasteiger partial charge in [0.1, 0.15) is 0 Å². The summed E-state index contributed by atoms with van der Waals surface area (Å²) in [6, 6.07) is 42.9. The Morgan fingerprint density at radius 3 is 1.00 bits per heavy atom. The maximum atomic E-state index is 4.43. The molecule has 0 spiro atoms. The number of benzene rings is 5. The molecular weight excluding hydrogens is 436 g/mol. The Balaban J connectivity index is 1.44. The molecule has 36 heavy (non-hydrogen) atoms. The standard InChI is InChI=1S/C34H24N2/c1-23-27-14-3-7-18-31(27)35(32-19-8-4-15-28(23)32)25-12-11-13-26(22-25)36-33-20-9-5-16-29(33)24(2)30-17-6-10-21-34(30)36/h3-22H,1-2H2. The van der Waals surface area contributed by atoms with Crippen molar-refractivity contribution >= 4 is 45.3 Å². The van der Waals surface area contributed by atoms with Crippen molar-refractivity contribution in [3.05, 3.63) is 157 Å². The average Bonchev–Trinajstić information content (AvgIpc) is 2.94. The smallest absolute Gasteiger partial charge is 0.0540 e. The van der Waals surface area contributed by atoms with Crippen molar-refractivity contribution in [3.8, 4) is 0 Å². The second-order valence-electron chi connectivity index (χ2n) is 9.22. The fraction of sp³-hybridized carbons (Fsp3) is 0. The van der Waals surface area contributed by atoms with Crippen molar-refractivity contribution in [1.82, 2.24) is 0 Å². The van der Waals surface area contributed by atoms with Crippen LogP contribution in [0.15, 0.2) is 134 Å². The van der Waals surface area contributed by atoms with Gasteiger partial charge in [0.15, 0.2) is 0 Å². The Hall–Kier alpha value is -4.82. The third kappa shape index (κ3) is 2.91. The van der Waals surface area contributed by atoms with Gasteiger partial charge in [-0.15, -0.1) is 0 Å². The van der Waals surface area contributed by atoms with Gasteiger partial charge in [0.2, 0.25) is 0 Å². The first kappa shape index (κ1) is 20.5. The molecule has 0 aromatic heterocycles. The number of nitrogens with zero attached hydrogens (tertiary/aromatic N) is 2. The lowest BCUT2D eigenvalue weighted by Crippen LogP contribution is -2.20. The van der Waals surface area contributed by atoms with Gasteiger partial charge in [-0.3, -0.25) is 0 Å². The Labute approximate surface area is 211 Å². The van der Waals surface area contributed by atoms with E-state index in [1.54, 1.807) is 0 Å². The lowest BCUT2D eigenvalue weighted by atomic mass is 9.90. The lowest BCUT2D eigenvalue weighted by molar-refractivity contribution is 1.21. The molecule has 5 aromatic carbocycles. The van der Waals surface area contributed by atoms with Crippen LogP contribution < -0.4 is 9.80 Å². The molecule has 0 N–H and O–H groups in total. The van der Waals surface area contributed by atoms with E-state index in [2.05, 4.69) is 144 Å². The van der Waals surface area contributed by atoms with E-state index in [4.69, 9.17) is 0 Å². The van der Waals surface area contributed by atoms with Crippen molar-refractivity contribution in [1.29, 1.82) is 0 Å². The van der Waals surface area contributed by atoms with Crippen LogP contribution in [0.2, 0.25) is 0 Å². The van der Waals surface area contributed by atoms with Crippen molar-refractivity contribution in [2.24, 2.45) is 0 Å². The summed E-state index contributed by atoms with van der Waals surface area (Å²) < 4.78 is 0. The maximum Gasteiger partial charge on any atom is 0.0540 e. The topological polar surface area (TPSA) is 6.48 Å². The molecule has 0 saturated carbocycles. The van der Waals surface area contributed by atoms with E-state index in [0.717, 1.165) is 67.5 Å². The molecule has 0 atom stereocenters. The highest BCUT2D eigenvalue weighted by Crippen LogP contribution is 2.51. The molecule has 0 aliphatic carbocycles. The van der Waals surface area contributed by atoms with E-state index >= 15 is 0 Å². The predicted octanol–water partition coefficient (Wildman–Crippen LogP) is 9.38. The first-order valence-corrected chi connectivity index (χ1v) is 12.2. The van der Waals surface area contributed by atoms with Crippen molar-refractivity contribution < 1.29 is 0 Å². The summed E-state index contributed by atoms with van der Waals surface area (Å²) >= 11 is 0. The third-order valence-corrected chi connectivity index (χ3v) is 7.23. The predicted molar refractivity (Wildman–Crippen MR) is 152 cm³/mol. The van der Waals surface area contributed by atoms with Crippen molar-refractivity contribution in [2.75, 3.05) is 9.80 Å². The minimum atomic E-state index is 1.06. The molecule has 2 nitrogen and oxygen atoms in total. The zero-order chi connectivity index (χ0) is 24.2. The van der Waals surface area contributed by atoms with Crippen LogP contribution in [0, 0.1) is 0 Å². The van der Waals surface area contributed by atoms with E-state index in [9.17, 15) is 0 Å². The van der Waals surface area contributed by atoms with Gasteiger partial charge in [0, 0.05) is 33.6 Å². The van der Waals surface area contributed by atoms with E-state index in [-0.39, 0.29) is 0 Å². The average molecular weight is 461 g/mol. The molecular formula is C34H24N2. The second kappa shape index (κ2) is 7.86. The molecule has 5 aromatic rings. The number of rotatable bonds is 2. The van der Waals surface area contributed by atoms with Gasteiger partial charge in [-0.25, -0.2) is 0 Å². The van der Waals surface area contributed by atoms with Gasteiger partial charge in [-0.1, -0.05) is 92.0 Å². The molecule has 170 valence electrons. The van der Waals surface area contributed by atoms with Gasteiger partial charge >= 0.3 is 0 Å². The summed E-state index contributed by atoms with van der Waals surface area (Å²) in [4.78, 5) is 4.70. The number of hydrogen-bond donors (Lipinski definition) is 0. The Kier molecular flexibility index (Phi) is 4.49. The Bertz CT molecular complexity index is 1470. The van der Waals surface area contributed by atoms with Gasteiger partial charge in [0.05, 0.1) is 22.7 Å². The zero-order valence-corrected chi connectivity index (χ0v) is 19.9. The normalized spacial score (nSPS) is 13.6. The first-order valence-electron chi connectivity index (χ1n) is 12.2. The van der Waals surface area contributed by atoms with E-state index in [0.29, 0.717) is 0 Å². The summed E-state index contributed by atoms with van der Waals surface area (Å²) in [7, 11) is 0. The fourth-order valence-corrected chi connectivity index (χ4v) is 5.57. The number of para-hydroxylation sites is 4. The quantitative estimate of drug-likeness (QED) is 0.253. The van der Waals surface area contributed by atoms with Crippen molar-refractivity contribution in [3.63, 3.8) is 0 Å². The molecule has 0 saturated heterocycles. The molecule has 0 fully saturated rings. The van der Waals surface area contributed by atoms with Gasteiger partial charge in [-0.05, 0) is 53.6 Å². The van der Waals surface area contributed by atoms with Crippen LogP contribution in [-0.2, 0) is 0 Å². The second-order valence-corrected chi connectivity index (χ2v) is 9.22. The minimum absolute atomic E-state index is 1.06.